The fourth-order valence-electron chi connectivity index (χ4n) is 1.93. The van der Waals surface area contributed by atoms with Crippen LogP contribution in [0.15, 0.2) is 30.3 Å². The molecule has 0 saturated heterocycles. The lowest BCUT2D eigenvalue weighted by Gasteiger charge is -2.28. The van der Waals surface area contributed by atoms with Gasteiger partial charge >= 0.3 is 0 Å². The van der Waals surface area contributed by atoms with Gasteiger partial charge in [0.2, 0.25) is 0 Å². The molecule has 0 fully saturated rings. The highest BCUT2D eigenvalue weighted by Gasteiger charge is 2.29. The predicted molar refractivity (Wildman–Crippen MR) is 69.6 cm³/mol. The van der Waals surface area contributed by atoms with Crippen LogP contribution < -0.4 is 0 Å². The van der Waals surface area contributed by atoms with Crippen LogP contribution in [0.4, 0.5) is 0 Å². The fraction of sp³-hybridized carbons (Fsp3) is 0.538. The molecule has 1 unspecified atom stereocenters. The number of hydrogen-bond acceptors (Lipinski definition) is 3. The van der Waals surface area contributed by atoms with Crippen LogP contribution in [-0.4, -0.2) is 25.5 Å². The summed E-state index contributed by atoms with van der Waals surface area (Å²) in [4.78, 5) is 0. The molecule has 0 aliphatic rings. The van der Waals surface area contributed by atoms with Crippen LogP contribution in [0.25, 0.3) is 0 Å². The zero-order valence-corrected chi connectivity index (χ0v) is 11.2. The summed E-state index contributed by atoms with van der Waals surface area (Å²) >= 11 is 0. The summed E-state index contributed by atoms with van der Waals surface area (Å²) in [5.74, 6) is 0.0123. The first-order valence-electron chi connectivity index (χ1n) is 5.83. The maximum absolute atomic E-state index is 11.2. The van der Waals surface area contributed by atoms with Crippen LogP contribution in [0, 0.1) is 0 Å². The van der Waals surface area contributed by atoms with Crippen LogP contribution in [0.3, 0.4) is 0 Å². The van der Waals surface area contributed by atoms with Crippen LogP contribution >= 0.6 is 0 Å². The van der Waals surface area contributed by atoms with Crippen LogP contribution in [0.1, 0.15) is 31.7 Å². The molecule has 0 saturated carbocycles. The van der Waals surface area contributed by atoms with Gasteiger partial charge in [0.05, 0.1) is 11.4 Å². The second kappa shape index (κ2) is 5.65. The molecular formula is C13H20O3S. The summed E-state index contributed by atoms with van der Waals surface area (Å²) in [6.07, 6.45) is 2.84. The van der Waals surface area contributed by atoms with Crippen molar-refractivity contribution in [3.05, 3.63) is 35.9 Å². The zero-order chi connectivity index (χ0) is 12.9. The second-order valence-corrected chi connectivity index (χ2v) is 6.79. The van der Waals surface area contributed by atoms with Gasteiger partial charge in [0, 0.05) is 6.26 Å². The minimum absolute atomic E-state index is 0.0123. The summed E-state index contributed by atoms with van der Waals surface area (Å²) < 4.78 is 22.4. The van der Waals surface area contributed by atoms with Gasteiger partial charge in [-0.05, 0) is 18.4 Å². The lowest BCUT2D eigenvalue weighted by Crippen LogP contribution is -2.28. The molecule has 1 rings (SSSR count). The summed E-state index contributed by atoms with van der Waals surface area (Å²) in [6, 6.07) is 9.29. The largest absolute Gasteiger partial charge is 0.385 e. The molecule has 1 atom stereocenters. The van der Waals surface area contributed by atoms with Crippen molar-refractivity contribution >= 4 is 9.84 Å². The Hall–Kier alpha value is -0.870. The highest BCUT2D eigenvalue weighted by molar-refractivity contribution is 7.90. The van der Waals surface area contributed by atoms with Gasteiger partial charge in [0.1, 0.15) is 9.84 Å². The third-order valence-corrected chi connectivity index (χ3v) is 3.81. The minimum atomic E-state index is -3.04. The van der Waals surface area contributed by atoms with E-state index >= 15 is 0 Å². The molecule has 0 heterocycles. The van der Waals surface area contributed by atoms with Crippen molar-refractivity contribution in [3.8, 4) is 0 Å². The summed E-state index contributed by atoms with van der Waals surface area (Å²) in [5.41, 5.74) is -0.232. The van der Waals surface area contributed by atoms with Gasteiger partial charge < -0.3 is 5.11 Å². The van der Waals surface area contributed by atoms with Crippen molar-refractivity contribution in [2.75, 3.05) is 12.0 Å². The van der Waals surface area contributed by atoms with E-state index in [0.29, 0.717) is 6.42 Å². The van der Waals surface area contributed by atoms with Crippen molar-refractivity contribution < 1.29 is 13.5 Å². The average molecular weight is 256 g/mol. The molecule has 96 valence electrons. The summed E-state index contributed by atoms with van der Waals surface area (Å²) in [7, 11) is -3.04. The number of benzene rings is 1. The Morgan fingerprint density at radius 2 is 1.76 bits per heavy atom. The van der Waals surface area contributed by atoms with E-state index in [9.17, 15) is 13.5 Å². The van der Waals surface area contributed by atoms with Crippen molar-refractivity contribution in [2.24, 2.45) is 0 Å². The van der Waals surface area contributed by atoms with Gasteiger partial charge in [0.15, 0.2) is 0 Å². The highest BCUT2D eigenvalue weighted by Crippen LogP contribution is 2.30. The first-order valence-corrected chi connectivity index (χ1v) is 7.89. The van der Waals surface area contributed by atoms with Gasteiger partial charge in [-0.15, -0.1) is 0 Å². The minimum Gasteiger partial charge on any atom is -0.385 e. The van der Waals surface area contributed by atoms with Crippen LogP contribution in [0.2, 0.25) is 0 Å². The third kappa shape index (κ3) is 4.48. The molecule has 0 aliphatic heterocycles. The molecule has 0 bridgehead atoms. The Bertz CT molecular complexity index is 439. The Kier molecular flexibility index (Phi) is 4.71. The van der Waals surface area contributed by atoms with E-state index in [2.05, 4.69) is 0 Å². The molecule has 0 radical (unpaired) electrons. The molecule has 0 spiro atoms. The normalized spacial score (nSPS) is 15.5. The zero-order valence-electron chi connectivity index (χ0n) is 10.4. The van der Waals surface area contributed by atoms with Gasteiger partial charge in [0.25, 0.3) is 0 Å². The number of aliphatic hydroxyl groups is 1. The summed E-state index contributed by atoms with van der Waals surface area (Å²) in [6.45, 7) is 1.98. The first-order chi connectivity index (χ1) is 7.87. The highest BCUT2D eigenvalue weighted by atomic mass is 32.2. The van der Waals surface area contributed by atoms with E-state index < -0.39 is 15.4 Å². The standard InChI is InChI=1S/C13H20O3S/c1-3-9-13(14,10-11-17(2,15)16)12-7-5-4-6-8-12/h4-8,14H,3,9-11H2,1-2H3. The lowest BCUT2D eigenvalue weighted by atomic mass is 9.87. The molecule has 4 heteroatoms. The topological polar surface area (TPSA) is 54.4 Å². The fourth-order valence-corrected chi connectivity index (χ4v) is 2.64. The molecular weight excluding hydrogens is 236 g/mol. The van der Waals surface area contributed by atoms with E-state index in [0.717, 1.165) is 12.0 Å². The Labute approximate surface area is 103 Å². The molecule has 0 amide bonds. The lowest BCUT2D eigenvalue weighted by molar-refractivity contribution is 0.0234. The smallest absolute Gasteiger partial charge is 0.147 e. The monoisotopic (exact) mass is 256 g/mol. The van der Waals surface area contributed by atoms with Crippen LogP contribution in [0.5, 0.6) is 0 Å². The third-order valence-electron chi connectivity index (χ3n) is 2.86. The predicted octanol–water partition coefficient (Wildman–Crippen LogP) is 2.11. The van der Waals surface area contributed by atoms with E-state index in [-0.39, 0.29) is 12.2 Å². The van der Waals surface area contributed by atoms with E-state index in [1.54, 1.807) is 0 Å². The molecule has 0 aliphatic carbocycles. The first kappa shape index (κ1) is 14.2. The Balaban J connectivity index is 2.90. The van der Waals surface area contributed by atoms with Crippen molar-refractivity contribution in [1.29, 1.82) is 0 Å². The number of rotatable bonds is 6. The van der Waals surface area contributed by atoms with Gasteiger partial charge in [-0.3, -0.25) is 0 Å². The van der Waals surface area contributed by atoms with Crippen molar-refractivity contribution in [2.45, 2.75) is 31.8 Å². The molecule has 1 N–H and O–H groups in total. The second-order valence-electron chi connectivity index (χ2n) is 4.53. The van der Waals surface area contributed by atoms with Crippen molar-refractivity contribution in [1.82, 2.24) is 0 Å². The molecule has 1 aromatic rings. The van der Waals surface area contributed by atoms with E-state index in [4.69, 9.17) is 0 Å². The summed E-state index contributed by atoms with van der Waals surface area (Å²) in [5, 5.41) is 10.6. The average Bonchev–Trinajstić information content (AvgIpc) is 2.27. The maximum Gasteiger partial charge on any atom is 0.147 e. The Morgan fingerprint density at radius 1 is 1.18 bits per heavy atom. The maximum atomic E-state index is 11.2. The van der Waals surface area contributed by atoms with Gasteiger partial charge in [-0.2, -0.15) is 0 Å². The quantitative estimate of drug-likeness (QED) is 0.848. The molecule has 17 heavy (non-hydrogen) atoms. The Morgan fingerprint density at radius 3 is 2.24 bits per heavy atom. The number of hydrogen-bond donors (Lipinski definition) is 1. The van der Waals surface area contributed by atoms with E-state index in [1.807, 2.05) is 37.3 Å². The SMILES string of the molecule is CCCC(O)(CCS(C)(=O)=O)c1ccccc1. The van der Waals surface area contributed by atoms with Crippen molar-refractivity contribution in [3.63, 3.8) is 0 Å². The molecule has 3 nitrogen and oxygen atoms in total. The molecule has 1 aromatic carbocycles. The van der Waals surface area contributed by atoms with Gasteiger partial charge in [-0.1, -0.05) is 43.7 Å². The van der Waals surface area contributed by atoms with Gasteiger partial charge in [-0.25, -0.2) is 8.42 Å². The molecule has 0 aromatic heterocycles. The van der Waals surface area contributed by atoms with E-state index in [1.165, 1.54) is 6.26 Å². The number of sulfone groups is 1. The van der Waals surface area contributed by atoms with Crippen LogP contribution in [-0.2, 0) is 15.4 Å².